The van der Waals surface area contributed by atoms with E-state index in [0.29, 0.717) is 0 Å². The third-order valence-electron chi connectivity index (χ3n) is 2.73. The van der Waals surface area contributed by atoms with Crippen LogP contribution >= 0.6 is 23.8 Å². The molecule has 23 heavy (non-hydrogen) atoms. The topological polar surface area (TPSA) is 96.3 Å². The van der Waals surface area contributed by atoms with Crippen molar-refractivity contribution in [1.29, 1.82) is 0 Å². The lowest BCUT2D eigenvalue weighted by Gasteiger charge is -2.11. The van der Waals surface area contributed by atoms with Gasteiger partial charge in [-0.1, -0.05) is 29.8 Å². The zero-order valence-corrected chi connectivity index (χ0v) is 13.1. The van der Waals surface area contributed by atoms with E-state index < -0.39 is 10.8 Å². The van der Waals surface area contributed by atoms with Gasteiger partial charge in [0.05, 0.1) is 4.92 Å². The number of hydrogen-bond acceptors (Lipinski definition) is 4. The maximum atomic E-state index is 12.0. The van der Waals surface area contributed by atoms with Gasteiger partial charge in [-0.15, -0.1) is 0 Å². The summed E-state index contributed by atoms with van der Waals surface area (Å²) in [6.07, 6.45) is 0. The van der Waals surface area contributed by atoms with Gasteiger partial charge in [0.25, 0.3) is 11.6 Å². The van der Waals surface area contributed by atoms with E-state index in [1.807, 2.05) is 18.2 Å². The molecule has 0 aliphatic heterocycles. The molecule has 118 valence electrons. The highest BCUT2D eigenvalue weighted by Gasteiger charge is 2.16. The van der Waals surface area contributed by atoms with Gasteiger partial charge >= 0.3 is 0 Å². The Morgan fingerprint density at radius 3 is 2.48 bits per heavy atom. The Bertz CT molecular complexity index is 755. The van der Waals surface area contributed by atoms with Crippen LogP contribution in [0.25, 0.3) is 0 Å². The molecule has 2 aromatic rings. The van der Waals surface area contributed by atoms with Crippen LogP contribution in [-0.2, 0) is 0 Å². The summed E-state index contributed by atoms with van der Waals surface area (Å²) in [7, 11) is 0. The number of para-hydroxylation sites is 1. The fraction of sp³-hybridized carbons (Fsp3) is 0. The fourth-order valence-corrected chi connectivity index (χ4v) is 2.02. The maximum Gasteiger partial charge on any atom is 0.288 e. The quantitative estimate of drug-likeness (QED) is 0.447. The molecule has 0 spiro atoms. The Morgan fingerprint density at radius 1 is 1.13 bits per heavy atom. The first-order valence-corrected chi connectivity index (χ1v) is 7.12. The minimum absolute atomic E-state index is 0.0409. The number of carbonyl (C=O) groups is 1. The second kappa shape index (κ2) is 7.52. The van der Waals surface area contributed by atoms with Crippen LogP contribution < -0.4 is 16.2 Å². The molecule has 0 bridgehead atoms. The van der Waals surface area contributed by atoms with Crippen LogP contribution in [-0.4, -0.2) is 15.9 Å². The molecular weight excluding hydrogens is 340 g/mol. The van der Waals surface area contributed by atoms with E-state index >= 15 is 0 Å². The Kier molecular flexibility index (Phi) is 5.45. The molecule has 3 N–H and O–H groups in total. The van der Waals surface area contributed by atoms with Crippen molar-refractivity contribution in [3.8, 4) is 0 Å². The van der Waals surface area contributed by atoms with Crippen molar-refractivity contribution in [2.24, 2.45) is 0 Å². The summed E-state index contributed by atoms with van der Waals surface area (Å²) in [6, 6.07) is 12.9. The van der Waals surface area contributed by atoms with Crippen LogP contribution in [0.5, 0.6) is 0 Å². The van der Waals surface area contributed by atoms with Crippen molar-refractivity contribution in [2.45, 2.75) is 0 Å². The normalized spacial score (nSPS) is 9.78. The average molecular weight is 351 g/mol. The lowest BCUT2D eigenvalue weighted by atomic mass is 10.2. The average Bonchev–Trinajstić information content (AvgIpc) is 2.53. The molecule has 0 heterocycles. The molecule has 1 amide bonds. The molecule has 0 aliphatic carbocycles. The lowest BCUT2D eigenvalue weighted by Crippen LogP contribution is -2.43. The number of thiocarbonyl (C=S) groups is 1. The molecule has 0 atom stereocenters. The predicted molar refractivity (Wildman–Crippen MR) is 91.4 cm³/mol. The minimum atomic E-state index is -0.659. The van der Waals surface area contributed by atoms with Crippen LogP contribution in [0.4, 0.5) is 11.4 Å². The molecule has 2 aromatic carbocycles. The summed E-state index contributed by atoms with van der Waals surface area (Å²) in [6.45, 7) is 0. The van der Waals surface area contributed by atoms with Crippen molar-refractivity contribution >= 4 is 46.2 Å². The molecule has 0 saturated heterocycles. The van der Waals surface area contributed by atoms with Gasteiger partial charge in [0, 0.05) is 17.3 Å². The number of nitrogens with zero attached hydrogens (tertiary/aromatic N) is 1. The van der Waals surface area contributed by atoms with Crippen molar-refractivity contribution in [2.75, 3.05) is 5.32 Å². The van der Waals surface area contributed by atoms with E-state index in [0.717, 1.165) is 11.8 Å². The zero-order chi connectivity index (χ0) is 16.8. The van der Waals surface area contributed by atoms with Gasteiger partial charge in [-0.3, -0.25) is 25.8 Å². The van der Waals surface area contributed by atoms with Gasteiger partial charge in [-0.05, 0) is 36.5 Å². The van der Waals surface area contributed by atoms with Crippen molar-refractivity contribution in [1.82, 2.24) is 10.9 Å². The fourth-order valence-electron chi connectivity index (χ4n) is 1.66. The first-order chi connectivity index (χ1) is 11.0. The van der Waals surface area contributed by atoms with E-state index in [1.165, 1.54) is 12.1 Å². The number of amides is 1. The summed E-state index contributed by atoms with van der Waals surface area (Å²) < 4.78 is 0. The Hall–Kier alpha value is -2.71. The summed E-state index contributed by atoms with van der Waals surface area (Å²) in [4.78, 5) is 22.1. The molecule has 0 aliphatic rings. The van der Waals surface area contributed by atoms with E-state index in [4.69, 9.17) is 23.8 Å². The molecule has 7 nitrogen and oxygen atoms in total. The van der Waals surface area contributed by atoms with Crippen LogP contribution in [0, 0.1) is 10.1 Å². The largest absolute Gasteiger partial charge is 0.331 e. The summed E-state index contributed by atoms with van der Waals surface area (Å²) >= 11 is 10.7. The first-order valence-electron chi connectivity index (χ1n) is 6.33. The van der Waals surface area contributed by atoms with E-state index in [-0.39, 0.29) is 21.4 Å². The highest BCUT2D eigenvalue weighted by molar-refractivity contribution is 7.80. The van der Waals surface area contributed by atoms with Crippen molar-refractivity contribution in [3.63, 3.8) is 0 Å². The molecule has 2 rings (SSSR count). The molecule has 0 unspecified atom stereocenters. The minimum Gasteiger partial charge on any atom is -0.331 e. The van der Waals surface area contributed by atoms with Gasteiger partial charge in [-0.25, -0.2) is 0 Å². The van der Waals surface area contributed by atoms with Gasteiger partial charge in [-0.2, -0.15) is 0 Å². The Balaban J connectivity index is 1.96. The molecule has 0 radical (unpaired) electrons. The van der Waals surface area contributed by atoms with Crippen molar-refractivity contribution < 1.29 is 9.72 Å². The van der Waals surface area contributed by atoms with E-state index in [1.54, 1.807) is 12.1 Å². The summed E-state index contributed by atoms with van der Waals surface area (Å²) in [5, 5.41) is 13.8. The van der Waals surface area contributed by atoms with Crippen molar-refractivity contribution in [3.05, 3.63) is 69.2 Å². The molecular formula is C14H11ClN4O3S. The third-order valence-corrected chi connectivity index (χ3v) is 3.25. The highest BCUT2D eigenvalue weighted by atomic mass is 35.5. The number of nitrogens with one attached hydrogen (secondary N) is 3. The molecule has 0 aromatic heterocycles. The third kappa shape index (κ3) is 4.63. The number of hydrogen-bond donors (Lipinski definition) is 3. The molecule has 9 heteroatoms. The van der Waals surface area contributed by atoms with Gasteiger partial charge in [0.2, 0.25) is 0 Å². The second-order valence-corrected chi connectivity index (χ2v) is 5.14. The standard InChI is InChI=1S/C14H11ClN4O3S/c15-11-7-6-9(8-12(11)19(21)22)13(20)17-18-14(23)16-10-4-2-1-3-5-10/h1-8H,(H,17,20)(H2,16,18,23). The number of carbonyl (C=O) groups excluding carboxylic acids is 1. The Labute approximate surface area is 141 Å². The maximum absolute atomic E-state index is 12.0. The SMILES string of the molecule is O=C(NNC(=S)Nc1ccccc1)c1ccc(Cl)c([N+](=O)[O-])c1. The number of nitro groups is 1. The number of rotatable bonds is 3. The zero-order valence-electron chi connectivity index (χ0n) is 11.6. The van der Waals surface area contributed by atoms with Gasteiger partial charge < -0.3 is 5.32 Å². The van der Waals surface area contributed by atoms with Crippen LogP contribution in [0.3, 0.4) is 0 Å². The second-order valence-electron chi connectivity index (χ2n) is 4.32. The number of anilines is 1. The number of hydrazine groups is 1. The number of benzene rings is 2. The molecule has 0 fully saturated rings. The smallest absolute Gasteiger partial charge is 0.288 e. The van der Waals surface area contributed by atoms with Crippen LogP contribution in [0.2, 0.25) is 5.02 Å². The number of halogens is 1. The molecule has 0 saturated carbocycles. The van der Waals surface area contributed by atoms with Crippen LogP contribution in [0.1, 0.15) is 10.4 Å². The summed E-state index contributed by atoms with van der Waals surface area (Å²) in [5.41, 5.74) is 5.34. The Morgan fingerprint density at radius 2 is 1.83 bits per heavy atom. The van der Waals surface area contributed by atoms with E-state index in [9.17, 15) is 14.9 Å². The summed E-state index contributed by atoms with van der Waals surface area (Å²) in [5.74, 6) is -0.582. The monoisotopic (exact) mass is 350 g/mol. The lowest BCUT2D eigenvalue weighted by molar-refractivity contribution is -0.384. The number of nitro benzene ring substituents is 1. The first kappa shape index (κ1) is 16.7. The highest BCUT2D eigenvalue weighted by Crippen LogP contribution is 2.24. The van der Waals surface area contributed by atoms with Gasteiger partial charge in [0.1, 0.15) is 5.02 Å². The van der Waals surface area contributed by atoms with Crippen LogP contribution in [0.15, 0.2) is 48.5 Å². The van der Waals surface area contributed by atoms with Gasteiger partial charge in [0.15, 0.2) is 5.11 Å². The predicted octanol–water partition coefficient (Wildman–Crippen LogP) is 2.88. The van der Waals surface area contributed by atoms with E-state index in [2.05, 4.69) is 16.2 Å².